The zero-order valence-electron chi connectivity index (χ0n) is 9.63. The van der Waals surface area contributed by atoms with Crippen molar-refractivity contribution in [2.24, 2.45) is 5.73 Å². The van der Waals surface area contributed by atoms with E-state index in [0.29, 0.717) is 6.04 Å². The Morgan fingerprint density at radius 1 is 1.35 bits per heavy atom. The molecule has 1 aliphatic heterocycles. The molecule has 0 amide bonds. The Morgan fingerprint density at radius 2 is 1.94 bits per heavy atom. The van der Waals surface area contributed by atoms with Crippen LogP contribution in [0, 0.1) is 6.92 Å². The Hall–Kier alpha value is -0.950. The highest BCUT2D eigenvalue weighted by Crippen LogP contribution is 2.08. The summed E-state index contributed by atoms with van der Waals surface area (Å²) in [6.45, 7) is 3.45. The molecule has 0 bridgehead atoms. The average molecular weight is 258 g/mol. The van der Waals surface area contributed by atoms with E-state index in [1.807, 2.05) is 6.92 Å². The Balaban J connectivity index is 0.000000202. The SMILES string of the molecule is Cc1ccc(S(=O)(=O)[O-])cc1.N[C@H]1CCOC1. The first-order chi connectivity index (χ1) is 7.89. The molecule has 0 aliphatic carbocycles. The molecule has 2 N–H and O–H groups in total. The number of benzene rings is 1. The van der Waals surface area contributed by atoms with Gasteiger partial charge in [0, 0.05) is 12.6 Å². The van der Waals surface area contributed by atoms with Crippen molar-refractivity contribution >= 4 is 10.1 Å². The molecule has 0 saturated carbocycles. The molecule has 1 saturated heterocycles. The van der Waals surface area contributed by atoms with Crippen molar-refractivity contribution in [1.29, 1.82) is 0 Å². The first-order valence-corrected chi connectivity index (χ1v) is 6.66. The molecule has 1 atom stereocenters. The highest BCUT2D eigenvalue weighted by Gasteiger charge is 2.08. The second-order valence-corrected chi connectivity index (χ2v) is 5.27. The summed E-state index contributed by atoms with van der Waals surface area (Å²) in [6, 6.07) is 6.11. The summed E-state index contributed by atoms with van der Waals surface area (Å²) in [6.07, 6.45) is 1.04. The second kappa shape index (κ2) is 6.11. The van der Waals surface area contributed by atoms with Crippen molar-refractivity contribution in [2.45, 2.75) is 24.3 Å². The Labute approximate surface area is 101 Å². The van der Waals surface area contributed by atoms with E-state index in [4.69, 9.17) is 10.5 Å². The zero-order chi connectivity index (χ0) is 12.9. The molecular weight excluding hydrogens is 242 g/mol. The van der Waals surface area contributed by atoms with Crippen LogP contribution in [0.5, 0.6) is 0 Å². The van der Waals surface area contributed by atoms with E-state index in [1.165, 1.54) is 12.1 Å². The molecule has 17 heavy (non-hydrogen) atoms. The van der Waals surface area contributed by atoms with Crippen LogP contribution in [-0.2, 0) is 14.9 Å². The molecule has 2 rings (SSSR count). The minimum Gasteiger partial charge on any atom is -0.744 e. The van der Waals surface area contributed by atoms with Gasteiger partial charge in [-0.15, -0.1) is 0 Å². The normalized spacial score (nSPS) is 19.6. The van der Waals surface area contributed by atoms with Crippen LogP contribution >= 0.6 is 0 Å². The summed E-state index contributed by atoms with van der Waals surface area (Å²) in [4.78, 5) is -0.178. The molecule has 0 unspecified atom stereocenters. The second-order valence-electron chi connectivity index (χ2n) is 3.89. The lowest BCUT2D eigenvalue weighted by Crippen LogP contribution is -2.18. The smallest absolute Gasteiger partial charge is 0.124 e. The average Bonchev–Trinajstić information content (AvgIpc) is 2.69. The lowest BCUT2D eigenvalue weighted by Gasteiger charge is -2.05. The van der Waals surface area contributed by atoms with Gasteiger partial charge in [-0.05, 0) is 25.5 Å². The van der Waals surface area contributed by atoms with E-state index >= 15 is 0 Å². The number of rotatable bonds is 1. The molecular formula is C11H16NO4S-. The molecule has 96 valence electrons. The topological polar surface area (TPSA) is 92.5 Å². The predicted molar refractivity (Wildman–Crippen MR) is 62.6 cm³/mol. The maximum absolute atomic E-state index is 10.4. The Morgan fingerprint density at radius 3 is 2.24 bits per heavy atom. The third-order valence-corrected chi connectivity index (χ3v) is 3.12. The molecule has 0 radical (unpaired) electrons. The summed E-state index contributed by atoms with van der Waals surface area (Å²) in [5, 5.41) is 0. The van der Waals surface area contributed by atoms with E-state index in [0.717, 1.165) is 25.2 Å². The maximum atomic E-state index is 10.4. The van der Waals surface area contributed by atoms with Crippen LogP contribution in [0.25, 0.3) is 0 Å². The van der Waals surface area contributed by atoms with Crippen LogP contribution in [0.3, 0.4) is 0 Å². The zero-order valence-corrected chi connectivity index (χ0v) is 10.4. The van der Waals surface area contributed by atoms with Gasteiger partial charge < -0.3 is 15.0 Å². The van der Waals surface area contributed by atoms with Crippen LogP contribution < -0.4 is 5.73 Å². The third-order valence-electron chi connectivity index (χ3n) is 2.27. The summed E-state index contributed by atoms with van der Waals surface area (Å²) >= 11 is 0. The molecule has 6 heteroatoms. The van der Waals surface area contributed by atoms with E-state index in [1.54, 1.807) is 12.1 Å². The summed E-state index contributed by atoms with van der Waals surface area (Å²) in [7, 11) is -4.27. The van der Waals surface area contributed by atoms with E-state index in [9.17, 15) is 13.0 Å². The molecule has 1 aliphatic rings. The standard InChI is InChI=1S/C7H8O3S.C4H9NO/c1-6-2-4-7(5-3-6)11(8,9)10;5-4-1-2-6-3-4/h2-5H,1H3,(H,8,9,10);4H,1-3,5H2/p-1/t;4-/m.0/s1. The molecule has 1 aromatic carbocycles. The fourth-order valence-electron chi connectivity index (χ4n) is 1.26. The number of hydrogen-bond acceptors (Lipinski definition) is 5. The first-order valence-electron chi connectivity index (χ1n) is 5.25. The van der Waals surface area contributed by atoms with Gasteiger partial charge in [-0.1, -0.05) is 17.7 Å². The molecule has 0 aromatic heterocycles. The molecule has 1 fully saturated rings. The van der Waals surface area contributed by atoms with E-state index < -0.39 is 10.1 Å². The maximum Gasteiger partial charge on any atom is 0.124 e. The lowest BCUT2D eigenvalue weighted by molar-refractivity contribution is 0.194. The first kappa shape index (κ1) is 14.1. The van der Waals surface area contributed by atoms with Gasteiger partial charge in [-0.2, -0.15) is 0 Å². The van der Waals surface area contributed by atoms with E-state index in [-0.39, 0.29) is 4.90 Å². The Kier molecular flexibility index (Phi) is 5.07. The third kappa shape index (κ3) is 5.27. The molecule has 5 nitrogen and oxygen atoms in total. The van der Waals surface area contributed by atoms with Crippen LogP contribution in [0.4, 0.5) is 0 Å². The predicted octanol–water partition coefficient (Wildman–Crippen LogP) is 0.633. The van der Waals surface area contributed by atoms with Crippen molar-refractivity contribution in [3.05, 3.63) is 29.8 Å². The van der Waals surface area contributed by atoms with Crippen molar-refractivity contribution in [3.63, 3.8) is 0 Å². The van der Waals surface area contributed by atoms with Gasteiger partial charge in [0.05, 0.1) is 11.5 Å². The van der Waals surface area contributed by atoms with Crippen LogP contribution in [0.15, 0.2) is 29.2 Å². The highest BCUT2D eigenvalue weighted by atomic mass is 32.2. The fourth-order valence-corrected chi connectivity index (χ4v) is 1.73. The van der Waals surface area contributed by atoms with Crippen molar-refractivity contribution in [2.75, 3.05) is 13.2 Å². The summed E-state index contributed by atoms with van der Waals surface area (Å²) in [5.74, 6) is 0. The summed E-state index contributed by atoms with van der Waals surface area (Å²) in [5.41, 5.74) is 6.34. The number of hydrogen-bond donors (Lipinski definition) is 1. The quantitative estimate of drug-likeness (QED) is 0.746. The lowest BCUT2D eigenvalue weighted by atomic mass is 10.2. The van der Waals surface area contributed by atoms with Gasteiger partial charge in [0.25, 0.3) is 0 Å². The van der Waals surface area contributed by atoms with Gasteiger partial charge in [-0.25, -0.2) is 8.42 Å². The van der Waals surface area contributed by atoms with Gasteiger partial charge >= 0.3 is 0 Å². The number of aryl methyl sites for hydroxylation is 1. The van der Waals surface area contributed by atoms with Crippen molar-refractivity contribution < 1.29 is 17.7 Å². The van der Waals surface area contributed by atoms with Crippen LogP contribution in [0.1, 0.15) is 12.0 Å². The molecule has 0 spiro atoms. The summed E-state index contributed by atoms with van der Waals surface area (Å²) < 4.78 is 36.1. The minimum absolute atomic E-state index is 0.178. The van der Waals surface area contributed by atoms with Gasteiger partial charge in [0.1, 0.15) is 10.1 Å². The largest absolute Gasteiger partial charge is 0.744 e. The van der Waals surface area contributed by atoms with Crippen LogP contribution in [-0.4, -0.2) is 32.2 Å². The minimum atomic E-state index is -4.27. The van der Waals surface area contributed by atoms with Crippen molar-refractivity contribution in [1.82, 2.24) is 0 Å². The molecule has 1 heterocycles. The fraction of sp³-hybridized carbons (Fsp3) is 0.455. The van der Waals surface area contributed by atoms with Crippen molar-refractivity contribution in [3.8, 4) is 0 Å². The van der Waals surface area contributed by atoms with Crippen LogP contribution in [0.2, 0.25) is 0 Å². The number of ether oxygens (including phenoxy) is 1. The van der Waals surface area contributed by atoms with Gasteiger partial charge in [0.2, 0.25) is 0 Å². The van der Waals surface area contributed by atoms with E-state index in [2.05, 4.69) is 0 Å². The number of nitrogens with two attached hydrogens (primary N) is 1. The molecule has 1 aromatic rings. The Bertz CT molecular complexity index is 435. The van der Waals surface area contributed by atoms with Gasteiger partial charge in [-0.3, -0.25) is 0 Å². The highest BCUT2D eigenvalue weighted by molar-refractivity contribution is 7.85. The van der Waals surface area contributed by atoms with Gasteiger partial charge in [0.15, 0.2) is 0 Å². The monoisotopic (exact) mass is 258 g/mol.